The number of carbonyl (C=O) groups is 1. The molecule has 1 aromatic rings. The third-order valence-corrected chi connectivity index (χ3v) is 2.23. The molecular formula is C12H18N2O2. The Morgan fingerprint density at radius 2 is 2.12 bits per heavy atom. The van der Waals surface area contributed by atoms with Crippen LogP contribution in [-0.2, 0) is 17.8 Å². The van der Waals surface area contributed by atoms with E-state index in [0.717, 1.165) is 11.1 Å². The fraction of sp³-hybridized carbons (Fsp3) is 0.417. The van der Waals surface area contributed by atoms with E-state index in [1.54, 1.807) is 18.9 Å². The first kappa shape index (κ1) is 12.5. The van der Waals surface area contributed by atoms with E-state index >= 15 is 0 Å². The van der Waals surface area contributed by atoms with E-state index in [1.165, 1.54) is 0 Å². The fourth-order valence-corrected chi connectivity index (χ4v) is 1.43. The van der Waals surface area contributed by atoms with Crippen molar-refractivity contribution >= 4 is 6.09 Å². The summed E-state index contributed by atoms with van der Waals surface area (Å²) in [7, 11) is 1.72. The zero-order valence-electron chi connectivity index (χ0n) is 9.77. The molecule has 0 spiro atoms. The van der Waals surface area contributed by atoms with Crippen molar-refractivity contribution in [1.82, 2.24) is 4.90 Å². The van der Waals surface area contributed by atoms with Crippen LogP contribution in [0.2, 0.25) is 0 Å². The van der Waals surface area contributed by atoms with Crippen LogP contribution in [0.4, 0.5) is 4.79 Å². The van der Waals surface area contributed by atoms with Crippen molar-refractivity contribution in [2.24, 2.45) is 5.73 Å². The lowest BCUT2D eigenvalue weighted by Gasteiger charge is -2.16. The first-order chi connectivity index (χ1) is 7.67. The molecule has 0 saturated heterocycles. The lowest BCUT2D eigenvalue weighted by Crippen LogP contribution is -2.26. The Morgan fingerprint density at radius 1 is 1.44 bits per heavy atom. The lowest BCUT2D eigenvalue weighted by atomic mass is 10.1. The zero-order valence-corrected chi connectivity index (χ0v) is 9.77. The summed E-state index contributed by atoms with van der Waals surface area (Å²) in [5.74, 6) is 0. The number of carbonyl (C=O) groups excluding carboxylic acids is 1. The second-order valence-electron chi connectivity index (χ2n) is 3.58. The molecule has 1 rings (SSSR count). The number of rotatable bonds is 4. The summed E-state index contributed by atoms with van der Waals surface area (Å²) < 4.78 is 4.89. The minimum absolute atomic E-state index is 0.305. The monoisotopic (exact) mass is 222 g/mol. The molecule has 0 aliphatic heterocycles. The molecule has 0 heterocycles. The van der Waals surface area contributed by atoms with Gasteiger partial charge in [-0.25, -0.2) is 4.79 Å². The van der Waals surface area contributed by atoms with Crippen LogP contribution in [-0.4, -0.2) is 24.6 Å². The molecule has 0 radical (unpaired) electrons. The van der Waals surface area contributed by atoms with E-state index in [1.807, 2.05) is 24.3 Å². The molecule has 4 nitrogen and oxygen atoms in total. The van der Waals surface area contributed by atoms with Gasteiger partial charge < -0.3 is 15.4 Å². The Hall–Kier alpha value is -1.55. The normalized spacial score (nSPS) is 9.94. The van der Waals surface area contributed by atoms with Crippen LogP contribution in [0.5, 0.6) is 0 Å². The maximum Gasteiger partial charge on any atom is 0.409 e. The molecule has 2 N–H and O–H groups in total. The van der Waals surface area contributed by atoms with E-state index in [9.17, 15) is 4.79 Å². The fourth-order valence-electron chi connectivity index (χ4n) is 1.43. The van der Waals surface area contributed by atoms with Gasteiger partial charge in [0.05, 0.1) is 6.61 Å². The smallest absolute Gasteiger partial charge is 0.409 e. The molecule has 16 heavy (non-hydrogen) atoms. The summed E-state index contributed by atoms with van der Waals surface area (Å²) in [4.78, 5) is 12.9. The Kier molecular flexibility index (Phi) is 4.79. The number of ether oxygens (including phenoxy) is 1. The first-order valence-electron chi connectivity index (χ1n) is 5.33. The van der Waals surface area contributed by atoms with E-state index in [4.69, 9.17) is 10.5 Å². The Bertz CT molecular complexity index is 353. The molecule has 0 aliphatic rings. The summed E-state index contributed by atoms with van der Waals surface area (Å²) in [6.07, 6.45) is -0.305. The van der Waals surface area contributed by atoms with Crippen molar-refractivity contribution in [3.63, 3.8) is 0 Å². The van der Waals surface area contributed by atoms with Gasteiger partial charge in [0.25, 0.3) is 0 Å². The highest BCUT2D eigenvalue weighted by Crippen LogP contribution is 2.07. The zero-order chi connectivity index (χ0) is 12.0. The van der Waals surface area contributed by atoms with Gasteiger partial charge in [-0.1, -0.05) is 24.3 Å². The second-order valence-corrected chi connectivity index (χ2v) is 3.58. The number of hydrogen-bond acceptors (Lipinski definition) is 3. The molecular weight excluding hydrogens is 204 g/mol. The van der Waals surface area contributed by atoms with Gasteiger partial charge in [0.15, 0.2) is 0 Å². The third kappa shape index (κ3) is 3.55. The molecule has 1 amide bonds. The van der Waals surface area contributed by atoms with Crippen molar-refractivity contribution in [3.8, 4) is 0 Å². The van der Waals surface area contributed by atoms with Crippen LogP contribution in [0.25, 0.3) is 0 Å². The van der Waals surface area contributed by atoms with E-state index in [0.29, 0.717) is 19.7 Å². The number of nitrogens with zero attached hydrogens (tertiary/aromatic N) is 1. The van der Waals surface area contributed by atoms with E-state index in [2.05, 4.69) is 0 Å². The molecule has 0 atom stereocenters. The standard InChI is InChI=1S/C12H18N2O2/c1-3-16-12(15)14(2)9-11-6-4-5-10(7-11)8-13/h4-7H,3,8-9,13H2,1-2H3. The largest absolute Gasteiger partial charge is 0.450 e. The van der Waals surface area contributed by atoms with Gasteiger partial charge in [0.2, 0.25) is 0 Å². The van der Waals surface area contributed by atoms with Gasteiger partial charge in [-0.05, 0) is 18.1 Å². The third-order valence-electron chi connectivity index (χ3n) is 2.23. The predicted molar refractivity (Wildman–Crippen MR) is 62.8 cm³/mol. The quantitative estimate of drug-likeness (QED) is 0.844. The van der Waals surface area contributed by atoms with Crippen molar-refractivity contribution in [2.75, 3.05) is 13.7 Å². The summed E-state index contributed by atoms with van der Waals surface area (Å²) >= 11 is 0. The van der Waals surface area contributed by atoms with Gasteiger partial charge in [0, 0.05) is 20.1 Å². The van der Waals surface area contributed by atoms with Gasteiger partial charge in [-0.15, -0.1) is 0 Å². The van der Waals surface area contributed by atoms with Crippen LogP contribution in [0.15, 0.2) is 24.3 Å². The molecule has 4 heteroatoms. The van der Waals surface area contributed by atoms with E-state index < -0.39 is 0 Å². The highest BCUT2D eigenvalue weighted by atomic mass is 16.5. The Morgan fingerprint density at radius 3 is 2.75 bits per heavy atom. The first-order valence-corrected chi connectivity index (χ1v) is 5.33. The van der Waals surface area contributed by atoms with Crippen molar-refractivity contribution < 1.29 is 9.53 Å². The van der Waals surface area contributed by atoms with Crippen LogP contribution < -0.4 is 5.73 Å². The minimum Gasteiger partial charge on any atom is -0.450 e. The van der Waals surface area contributed by atoms with Gasteiger partial charge in [-0.2, -0.15) is 0 Å². The van der Waals surface area contributed by atoms with Crippen molar-refractivity contribution in [3.05, 3.63) is 35.4 Å². The molecule has 0 aliphatic carbocycles. The Labute approximate surface area is 96.0 Å². The van der Waals surface area contributed by atoms with Crippen LogP contribution in [0, 0.1) is 0 Å². The van der Waals surface area contributed by atoms with Crippen LogP contribution in [0.3, 0.4) is 0 Å². The molecule has 0 aromatic heterocycles. The average molecular weight is 222 g/mol. The summed E-state index contributed by atoms with van der Waals surface area (Å²) in [6, 6.07) is 7.87. The minimum atomic E-state index is -0.305. The van der Waals surface area contributed by atoms with Crippen LogP contribution in [0.1, 0.15) is 18.1 Å². The van der Waals surface area contributed by atoms with Crippen LogP contribution >= 0.6 is 0 Å². The number of nitrogens with two attached hydrogens (primary N) is 1. The number of amides is 1. The topological polar surface area (TPSA) is 55.6 Å². The van der Waals surface area contributed by atoms with Gasteiger partial charge in [0.1, 0.15) is 0 Å². The predicted octanol–water partition coefficient (Wildman–Crippen LogP) is 1.73. The highest BCUT2D eigenvalue weighted by molar-refractivity contribution is 5.67. The number of hydrogen-bond donors (Lipinski definition) is 1. The maximum atomic E-state index is 11.4. The van der Waals surface area contributed by atoms with Crippen molar-refractivity contribution in [1.29, 1.82) is 0 Å². The average Bonchev–Trinajstić information content (AvgIpc) is 2.29. The SMILES string of the molecule is CCOC(=O)N(C)Cc1cccc(CN)c1. The number of benzene rings is 1. The molecule has 0 bridgehead atoms. The van der Waals surface area contributed by atoms with Gasteiger partial charge >= 0.3 is 6.09 Å². The highest BCUT2D eigenvalue weighted by Gasteiger charge is 2.09. The molecule has 0 saturated carbocycles. The molecule has 88 valence electrons. The van der Waals surface area contributed by atoms with Gasteiger partial charge in [-0.3, -0.25) is 0 Å². The summed E-state index contributed by atoms with van der Waals surface area (Å²) in [5.41, 5.74) is 7.67. The molecule has 0 fully saturated rings. The van der Waals surface area contributed by atoms with Crippen molar-refractivity contribution in [2.45, 2.75) is 20.0 Å². The summed E-state index contributed by atoms with van der Waals surface area (Å²) in [5, 5.41) is 0. The summed E-state index contributed by atoms with van der Waals surface area (Å²) in [6.45, 7) is 3.23. The lowest BCUT2D eigenvalue weighted by molar-refractivity contribution is 0.114. The Balaban J connectivity index is 2.61. The maximum absolute atomic E-state index is 11.4. The molecule has 1 aromatic carbocycles. The molecule has 0 unspecified atom stereocenters. The second kappa shape index (κ2) is 6.12. The van der Waals surface area contributed by atoms with E-state index in [-0.39, 0.29) is 6.09 Å².